The molecule has 2 aromatic carbocycles. The minimum Gasteiger partial charge on any atom is -0.356 e. The predicted molar refractivity (Wildman–Crippen MR) is 142 cm³/mol. The molecule has 0 bridgehead atoms. The molecular weight excluding hydrogens is 517 g/mol. The summed E-state index contributed by atoms with van der Waals surface area (Å²) in [5.41, 5.74) is 3.07. The molecule has 2 heterocycles. The second-order valence-corrected chi connectivity index (χ2v) is 10.3. The number of aromatic nitrogens is 1. The first-order valence-corrected chi connectivity index (χ1v) is 13.1. The van der Waals surface area contributed by atoms with Crippen LogP contribution in [0.25, 0.3) is 10.9 Å². The number of nitrogens with one attached hydrogen (secondary N) is 1. The monoisotopic (exact) mass is 545 g/mol. The number of pyridine rings is 1. The average Bonchev–Trinajstić information content (AvgIpc) is 2.83. The molecule has 1 fully saturated rings. The van der Waals surface area contributed by atoms with Crippen LogP contribution in [0.4, 0.5) is 10.2 Å². The highest BCUT2D eigenvalue weighted by atomic mass is 79.9. The van der Waals surface area contributed by atoms with Crippen LogP contribution in [0, 0.1) is 12.7 Å². The summed E-state index contributed by atoms with van der Waals surface area (Å²) in [6.45, 7) is 6.34. The molecule has 1 amide bonds. The van der Waals surface area contributed by atoms with Crippen LogP contribution in [0.5, 0.6) is 0 Å². The van der Waals surface area contributed by atoms with E-state index in [4.69, 9.17) is 16.6 Å². The molecule has 180 valence electrons. The third-order valence-electron chi connectivity index (χ3n) is 6.61. The van der Waals surface area contributed by atoms with Crippen molar-refractivity contribution in [1.82, 2.24) is 10.3 Å². The van der Waals surface area contributed by atoms with Gasteiger partial charge in [-0.25, -0.2) is 9.37 Å². The molecule has 4 nitrogen and oxygen atoms in total. The number of rotatable bonds is 7. The summed E-state index contributed by atoms with van der Waals surface area (Å²) in [6, 6.07) is 10.7. The van der Waals surface area contributed by atoms with Crippen LogP contribution in [0.15, 0.2) is 40.9 Å². The second kappa shape index (κ2) is 11.0. The number of hydrogen-bond acceptors (Lipinski definition) is 3. The molecule has 1 N–H and O–H groups in total. The maximum atomic E-state index is 14.1. The molecule has 7 heteroatoms. The quantitative estimate of drug-likeness (QED) is 0.336. The van der Waals surface area contributed by atoms with E-state index in [0.717, 1.165) is 71.1 Å². The highest BCUT2D eigenvalue weighted by molar-refractivity contribution is 9.10. The van der Waals surface area contributed by atoms with Crippen LogP contribution in [-0.2, 0) is 0 Å². The zero-order valence-electron chi connectivity index (χ0n) is 19.6. The normalized spacial score (nSPS) is 14.9. The number of piperidine rings is 1. The average molecular weight is 547 g/mol. The molecule has 1 atom stereocenters. The van der Waals surface area contributed by atoms with Gasteiger partial charge in [0.1, 0.15) is 11.6 Å². The lowest BCUT2D eigenvalue weighted by Crippen LogP contribution is -2.33. The number of carbonyl (C=O) groups is 1. The summed E-state index contributed by atoms with van der Waals surface area (Å²) in [5.74, 6) is 0.241. The maximum absolute atomic E-state index is 14.1. The molecule has 3 aromatic rings. The van der Waals surface area contributed by atoms with Gasteiger partial charge in [0.15, 0.2) is 0 Å². The van der Waals surface area contributed by atoms with E-state index in [0.29, 0.717) is 12.1 Å². The minimum absolute atomic E-state index is 0.0705. The number of benzene rings is 2. The Hall–Kier alpha value is -2.18. The lowest BCUT2D eigenvalue weighted by atomic mass is 9.93. The third-order valence-corrected chi connectivity index (χ3v) is 7.51. The van der Waals surface area contributed by atoms with Crippen molar-refractivity contribution in [3.05, 3.63) is 68.4 Å². The molecule has 1 unspecified atom stereocenters. The molecule has 1 aliphatic heterocycles. The van der Waals surface area contributed by atoms with Crippen molar-refractivity contribution in [3.8, 4) is 0 Å². The first-order chi connectivity index (χ1) is 16.4. The van der Waals surface area contributed by atoms with Crippen molar-refractivity contribution in [3.63, 3.8) is 0 Å². The van der Waals surface area contributed by atoms with Crippen LogP contribution < -0.4 is 10.2 Å². The van der Waals surface area contributed by atoms with E-state index in [2.05, 4.69) is 33.1 Å². The van der Waals surface area contributed by atoms with Gasteiger partial charge in [-0.2, -0.15) is 0 Å². The lowest BCUT2D eigenvalue weighted by Gasteiger charge is -2.30. The van der Waals surface area contributed by atoms with Gasteiger partial charge in [-0.1, -0.05) is 53.0 Å². The molecule has 1 aromatic heterocycles. The number of carbonyl (C=O) groups excluding carboxylic acids is 1. The van der Waals surface area contributed by atoms with Gasteiger partial charge < -0.3 is 10.2 Å². The van der Waals surface area contributed by atoms with Crippen LogP contribution in [0.1, 0.15) is 66.4 Å². The van der Waals surface area contributed by atoms with Gasteiger partial charge in [0.25, 0.3) is 5.91 Å². The maximum Gasteiger partial charge on any atom is 0.252 e. The van der Waals surface area contributed by atoms with E-state index in [9.17, 15) is 9.18 Å². The van der Waals surface area contributed by atoms with Gasteiger partial charge in [0.2, 0.25) is 0 Å². The van der Waals surface area contributed by atoms with Crippen LogP contribution in [0.3, 0.4) is 0 Å². The number of fused-ring (bicyclic) bond motifs is 1. The summed E-state index contributed by atoms with van der Waals surface area (Å²) in [6.07, 6.45) is 5.19. The van der Waals surface area contributed by atoms with Crippen molar-refractivity contribution in [2.24, 2.45) is 0 Å². The summed E-state index contributed by atoms with van der Waals surface area (Å²) in [4.78, 5) is 20.9. The Morgan fingerprint density at radius 2 is 2.00 bits per heavy atom. The lowest BCUT2D eigenvalue weighted by molar-refractivity contribution is 0.0951. The smallest absolute Gasteiger partial charge is 0.252 e. The van der Waals surface area contributed by atoms with Gasteiger partial charge in [0, 0.05) is 41.0 Å². The van der Waals surface area contributed by atoms with Crippen molar-refractivity contribution in [2.75, 3.05) is 24.5 Å². The van der Waals surface area contributed by atoms with Gasteiger partial charge in [-0.3, -0.25) is 4.79 Å². The molecule has 0 saturated carbocycles. The molecule has 4 rings (SSSR count). The van der Waals surface area contributed by atoms with Gasteiger partial charge in [-0.15, -0.1) is 0 Å². The van der Waals surface area contributed by atoms with Gasteiger partial charge in [-0.05, 0) is 62.4 Å². The summed E-state index contributed by atoms with van der Waals surface area (Å²) < 4.78 is 15.0. The Morgan fingerprint density at radius 1 is 1.24 bits per heavy atom. The highest BCUT2D eigenvalue weighted by Crippen LogP contribution is 2.33. The largest absolute Gasteiger partial charge is 0.356 e. The second-order valence-electron chi connectivity index (χ2n) is 8.98. The fraction of sp³-hybridized carbons (Fsp3) is 0.407. The van der Waals surface area contributed by atoms with Gasteiger partial charge >= 0.3 is 0 Å². The summed E-state index contributed by atoms with van der Waals surface area (Å²) >= 11 is 9.82. The van der Waals surface area contributed by atoms with Crippen LogP contribution in [-0.4, -0.2) is 30.5 Å². The SMILES string of the molecule is CCCC(CNC(=O)c1c(C)c(N2CCCCC2)nc2ccc(Br)cc12)c1cccc(F)c1Cl. The third kappa shape index (κ3) is 5.23. The molecule has 0 aliphatic carbocycles. The standard InChI is InChI=1S/C27H30BrClFN3O/c1-3-8-18(20-9-7-10-22(30)25(20)29)16-31-27(34)24-17(2)26(33-13-5-4-6-14-33)32-23-12-11-19(28)15-21(23)24/h7,9-12,15,18H,3-6,8,13-14,16H2,1-2H3,(H,31,34). The molecule has 0 radical (unpaired) electrons. The fourth-order valence-corrected chi connectivity index (χ4v) is 5.52. The van der Waals surface area contributed by atoms with Crippen LogP contribution in [0.2, 0.25) is 5.02 Å². The van der Waals surface area contributed by atoms with E-state index in [1.807, 2.05) is 31.2 Å². The Balaban J connectivity index is 1.68. The van der Waals surface area contributed by atoms with E-state index >= 15 is 0 Å². The first-order valence-electron chi connectivity index (χ1n) is 12.0. The molecular formula is C27H30BrClFN3O. The minimum atomic E-state index is -0.432. The van der Waals surface area contributed by atoms with E-state index in [1.54, 1.807) is 6.07 Å². The van der Waals surface area contributed by atoms with Gasteiger partial charge in [0.05, 0.1) is 16.1 Å². The Morgan fingerprint density at radius 3 is 2.74 bits per heavy atom. The zero-order valence-corrected chi connectivity index (χ0v) is 22.0. The number of hydrogen-bond donors (Lipinski definition) is 1. The van der Waals surface area contributed by atoms with E-state index in [-0.39, 0.29) is 16.8 Å². The number of anilines is 1. The van der Waals surface area contributed by atoms with Crippen molar-refractivity contribution < 1.29 is 9.18 Å². The zero-order chi connectivity index (χ0) is 24.2. The Labute approximate surface area is 214 Å². The van der Waals surface area contributed by atoms with Crippen molar-refractivity contribution in [1.29, 1.82) is 0 Å². The fourth-order valence-electron chi connectivity index (χ4n) is 4.88. The number of halogens is 3. The topological polar surface area (TPSA) is 45.2 Å². The molecule has 0 spiro atoms. The van der Waals surface area contributed by atoms with E-state index in [1.165, 1.54) is 12.5 Å². The van der Waals surface area contributed by atoms with E-state index < -0.39 is 5.82 Å². The van der Waals surface area contributed by atoms with Crippen LogP contribution >= 0.6 is 27.5 Å². The Bertz CT molecular complexity index is 1200. The molecule has 1 aliphatic rings. The summed E-state index contributed by atoms with van der Waals surface area (Å²) in [5, 5.41) is 4.09. The number of amides is 1. The first kappa shape index (κ1) is 24.9. The van der Waals surface area contributed by atoms with Crippen molar-refractivity contribution >= 4 is 50.2 Å². The molecule has 1 saturated heterocycles. The van der Waals surface area contributed by atoms with Crippen molar-refractivity contribution in [2.45, 2.75) is 51.9 Å². The summed E-state index contributed by atoms with van der Waals surface area (Å²) in [7, 11) is 0. The highest BCUT2D eigenvalue weighted by Gasteiger charge is 2.24. The predicted octanol–water partition coefficient (Wildman–Crippen LogP) is 7.40. The Kier molecular flexibility index (Phi) is 8.10. The molecule has 34 heavy (non-hydrogen) atoms. The number of nitrogens with zero attached hydrogens (tertiary/aromatic N) is 2.